The fraction of sp³-hybridized carbons (Fsp3) is 0.200. The number of benzene rings is 2. The van der Waals surface area contributed by atoms with Crippen molar-refractivity contribution in [1.82, 2.24) is 4.98 Å². The fourth-order valence-corrected chi connectivity index (χ4v) is 2.92. The summed E-state index contributed by atoms with van der Waals surface area (Å²) in [7, 11) is 0. The molecule has 2 nitrogen and oxygen atoms in total. The number of aryl methyl sites for hydroxylation is 2. The van der Waals surface area contributed by atoms with Gasteiger partial charge in [0.05, 0.1) is 5.52 Å². The molecule has 0 bridgehead atoms. The lowest BCUT2D eigenvalue weighted by atomic mass is 9.96. The van der Waals surface area contributed by atoms with Gasteiger partial charge in [-0.15, -0.1) is 0 Å². The van der Waals surface area contributed by atoms with E-state index >= 15 is 0 Å². The van der Waals surface area contributed by atoms with E-state index in [1.54, 1.807) is 18.3 Å². The van der Waals surface area contributed by atoms with E-state index in [1.807, 2.05) is 13.0 Å². The summed E-state index contributed by atoms with van der Waals surface area (Å²) in [6.45, 7) is 4.91. The van der Waals surface area contributed by atoms with Crippen LogP contribution in [0.5, 0.6) is 0 Å². The van der Waals surface area contributed by atoms with Crippen LogP contribution in [0.3, 0.4) is 0 Å². The number of fused-ring (bicyclic) bond motifs is 1. The fourth-order valence-electron chi connectivity index (χ4n) is 2.92. The standard InChI is InChI=1S/C20H17F2NO/c1-11-6-17-14(4-5-23-20(17)10-16(11)13(3)24)8-15-9-18(21)12(2)7-19(15)22/h4-7,9-10H,8H2,1-3H3. The van der Waals surface area contributed by atoms with Crippen molar-refractivity contribution < 1.29 is 13.6 Å². The highest BCUT2D eigenvalue weighted by Crippen LogP contribution is 2.25. The molecule has 0 unspecified atom stereocenters. The van der Waals surface area contributed by atoms with Crippen LogP contribution in [0.4, 0.5) is 8.78 Å². The average Bonchev–Trinajstić information content (AvgIpc) is 2.52. The molecule has 2 aromatic carbocycles. The quantitative estimate of drug-likeness (QED) is 0.640. The highest BCUT2D eigenvalue weighted by Gasteiger charge is 2.12. The molecule has 122 valence electrons. The van der Waals surface area contributed by atoms with Gasteiger partial charge in [0.1, 0.15) is 11.6 Å². The van der Waals surface area contributed by atoms with Gasteiger partial charge >= 0.3 is 0 Å². The molecule has 0 aliphatic carbocycles. The highest BCUT2D eigenvalue weighted by molar-refractivity contribution is 5.99. The third kappa shape index (κ3) is 2.92. The first-order valence-corrected chi connectivity index (χ1v) is 7.70. The van der Waals surface area contributed by atoms with Gasteiger partial charge in [-0.2, -0.15) is 0 Å². The molecule has 0 radical (unpaired) electrons. The molecule has 0 atom stereocenters. The van der Waals surface area contributed by atoms with Crippen molar-refractivity contribution in [2.24, 2.45) is 0 Å². The van der Waals surface area contributed by atoms with Gasteiger partial charge < -0.3 is 0 Å². The maximum absolute atomic E-state index is 14.1. The van der Waals surface area contributed by atoms with Crippen molar-refractivity contribution >= 4 is 16.7 Å². The van der Waals surface area contributed by atoms with Crippen molar-refractivity contribution in [2.45, 2.75) is 27.2 Å². The number of hydrogen-bond donors (Lipinski definition) is 0. The Hall–Kier alpha value is -2.62. The lowest BCUT2D eigenvalue weighted by molar-refractivity contribution is 0.101. The number of ketones is 1. The zero-order valence-electron chi connectivity index (χ0n) is 13.8. The van der Waals surface area contributed by atoms with Crippen LogP contribution in [0.1, 0.15) is 39.5 Å². The molecule has 3 aromatic rings. The lowest BCUT2D eigenvalue weighted by Gasteiger charge is -2.11. The van der Waals surface area contributed by atoms with Crippen molar-refractivity contribution in [3.05, 3.63) is 76.0 Å². The summed E-state index contributed by atoms with van der Waals surface area (Å²) < 4.78 is 27.9. The smallest absolute Gasteiger partial charge is 0.160 e. The number of carbonyl (C=O) groups excluding carboxylic acids is 1. The van der Waals surface area contributed by atoms with Crippen LogP contribution in [0.15, 0.2) is 36.5 Å². The van der Waals surface area contributed by atoms with E-state index in [-0.39, 0.29) is 17.8 Å². The van der Waals surface area contributed by atoms with Crippen LogP contribution >= 0.6 is 0 Å². The molecular weight excluding hydrogens is 308 g/mol. The van der Waals surface area contributed by atoms with Gasteiger partial charge in [0.15, 0.2) is 5.78 Å². The molecule has 3 rings (SSSR count). The van der Waals surface area contributed by atoms with Gasteiger partial charge in [-0.05, 0) is 73.4 Å². The number of rotatable bonds is 3. The van der Waals surface area contributed by atoms with Crippen LogP contribution in [-0.4, -0.2) is 10.8 Å². The van der Waals surface area contributed by atoms with Crippen LogP contribution in [0.2, 0.25) is 0 Å². The summed E-state index contributed by atoms with van der Waals surface area (Å²) in [5.74, 6) is -0.857. The Labute approximate surface area is 139 Å². The number of aromatic nitrogens is 1. The summed E-state index contributed by atoms with van der Waals surface area (Å²) in [6.07, 6.45) is 1.89. The Morgan fingerprint density at radius 1 is 1.00 bits per heavy atom. The summed E-state index contributed by atoms with van der Waals surface area (Å²) in [4.78, 5) is 16.0. The minimum absolute atomic E-state index is 0.0201. The first-order valence-electron chi connectivity index (χ1n) is 7.70. The molecule has 0 saturated heterocycles. The first kappa shape index (κ1) is 16.2. The second kappa shape index (κ2) is 6.11. The summed E-state index contributed by atoms with van der Waals surface area (Å²) >= 11 is 0. The van der Waals surface area contributed by atoms with Crippen LogP contribution in [-0.2, 0) is 6.42 Å². The zero-order valence-corrected chi connectivity index (χ0v) is 13.8. The average molecular weight is 325 g/mol. The van der Waals surface area contributed by atoms with E-state index in [2.05, 4.69) is 4.98 Å². The Bertz CT molecular complexity index is 964. The van der Waals surface area contributed by atoms with Gasteiger partial charge in [-0.25, -0.2) is 8.78 Å². The molecule has 24 heavy (non-hydrogen) atoms. The molecule has 0 amide bonds. The molecule has 0 aliphatic rings. The lowest BCUT2D eigenvalue weighted by Crippen LogP contribution is -2.00. The normalized spacial score (nSPS) is 11.0. The van der Waals surface area contributed by atoms with Crippen LogP contribution < -0.4 is 0 Å². The summed E-state index contributed by atoms with van der Waals surface area (Å²) in [5, 5.41) is 0.848. The topological polar surface area (TPSA) is 30.0 Å². The number of pyridine rings is 1. The van der Waals surface area contributed by atoms with E-state index in [4.69, 9.17) is 0 Å². The van der Waals surface area contributed by atoms with Crippen LogP contribution in [0.25, 0.3) is 10.9 Å². The minimum Gasteiger partial charge on any atom is -0.294 e. The maximum atomic E-state index is 14.1. The van der Waals surface area contributed by atoms with E-state index in [0.717, 1.165) is 16.5 Å². The zero-order chi connectivity index (χ0) is 17.4. The summed E-state index contributed by atoms with van der Waals surface area (Å²) in [5.41, 5.74) is 3.59. The Kier molecular flexibility index (Phi) is 4.14. The predicted molar refractivity (Wildman–Crippen MR) is 90.4 cm³/mol. The molecular formula is C20H17F2NO. The van der Waals surface area contributed by atoms with Crippen molar-refractivity contribution in [3.63, 3.8) is 0 Å². The van der Waals surface area contributed by atoms with Crippen molar-refractivity contribution in [2.75, 3.05) is 0 Å². The molecule has 0 spiro atoms. The van der Waals surface area contributed by atoms with E-state index in [9.17, 15) is 13.6 Å². The molecule has 0 fully saturated rings. The Balaban J connectivity index is 2.12. The number of nitrogens with zero attached hydrogens (tertiary/aromatic N) is 1. The molecule has 4 heteroatoms. The number of hydrogen-bond acceptors (Lipinski definition) is 2. The molecule has 0 N–H and O–H groups in total. The van der Waals surface area contributed by atoms with E-state index in [0.29, 0.717) is 16.6 Å². The Morgan fingerprint density at radius 3 is 2.46 bits per heavy atom. The monoisotopic (exact) mass is 325 g/mol. The second-order valence-electron chi connectivity index (χ2n) is 6.08. The van der Waals surface area contributed by atoms with Gasteiger partial charge in [-0.3, -0.25) is 9.78 Å². The van der Waals surface area contributed by atoms with E-state index in [1.165, 1.54) is 26.0 Å². The van der Waals surface area contributed by atoms with Crippen LogP contribution in [0, 0.1) is 25.5 Å². The second-order valence-corrected chi connectivity index (χ2v) is 6.08. The number of carbonyl (C=O) groups is 1. The molecule has 1 aromatic heterocycles. The van der Waals surface area contributed by atoms with Crippen molar-refractivity contribution in [3.8, 4) is 0 Å². The largest absolute Gasteiger partial charge is 0.294 e. The third-order valence-corrected chi connectivity index (χ3v) is 4.27. The maximum Gasteiger partial charge on any atom is 0.160 e. The van der Waals surface area contributed by atoms with Crippen molar-refractivity contribution in [1.29, 1.82) is 0 Å². The van der Waals surface area contributed by atoms with Gasteiger partial charge in [0.25, 0.3) is 0 Å². The molecule has 1 heterocycles. The summed E-state index contributed by atoms with van der Waals surface area (Å²) in [6, 6.07) is 7.90. The number of Topliss-reactive ketones (excluding diaryl/α,β-unsaturated/α-hetero) is 1. The molecule has 0 aliphatic heterocycles. The molecule has 0 saturated carbocycles. The third-order valence-electron chi connectivity index (χ3n) is 4.27. The van der Waals surface area contributed by atoms with Gasteiger partial charge in [-0.1, -0.05) is 0 Å². The van der Waals surface area contributed by atoms with Gasteiger partial charge in [0, 0.05) is 23.6 Å². The first-order chi connectivity index (χ1) is 11.4. The van der Waals surface area contributed by atoms with E-state index < -0.39 is 11.6 Å². The predicted octanol–water partition coefficient (Wildman–Crippen LogP) is 4.92. The Morgan fingerprint density at radius 2 is 1.75 bits per heavy atom. The minimum atomic E-state index is -0.420. The highest BCUT2D eigenvalue weighted by atomic mass is 19.1. The number of halogens is 2. The van der Waals surface area contributed by atoms with Gasteiger partial charge in [0.2, 0.25) is 0 Å². The SMILES string of the molecule is CC(=O)c1cc2nccc(Cc3cc(F)c(C)cc3F)c2cc1C.